The van der Waals surface area contributed by atoms with Crippen molar-refractivity contribution in [3.8, 4) is 17.6 Å². The number of nitrogens with zero attached hydrogens (tertiary/aromatic N) is 2. The lowest BCUT2D eigenvalue weighted by Gasteiger charge is -2.20. The van der Waals surface area contributed by atoms with Gasteiger partial charge in [0, 0.05) is 19.2 Å². The van der Waals surface area contributed by atoms with Crippen LogP contribution in [0.2, 0.25) is 0 Å². The Bertz CT molecular complexity index is 529. The smallest absolute Gasteiger partial charge is 0.260 e. The van der Waals surface area contributed by atoms with E-state index in [1.165, 1.54) is 20.0 Å². The quantitative estimate of drug-likeness (QED) is 0.853. The molecule has 1 amide bonds. The van der Waals surface area contributed by atoms with Crippen molar-refractivity contribution < 1.29 is 14.3 Å². The minimum atomic E-state index is -0.00195. The number of hydrogen-bond donors (Lipinski definition) is 0. The Morgan fingerprint density at radius 1 is 1.19 bits per heavy atom. The monoisotopic (exact) mass is 288 g/mol. The first-order chi connectivity index (χ1) is 10.2. The second kappa shape index (κ2) is 7.53. The summed E-state index contributed by atoms with van der Waals surface area (Å²) in [5.41, 5.74) is 0.451. The van der Waals surface area contributed by atoms with E-state index in [9.17, 15) is 4.79 Å². The number of carbonyl (C=O) groups is 1. The normalized spacial score (nSPS) is 15.0. The topological polar surface area (TPSA) is 62.6 Å². The molecule has 1 heterocycles. The Balaban J connectivity index is 1.95. The number of methoxy groups -OCH3 is 1. The summed E-state index contributed by atoms with van der Waals surface area (Å²) in [5.74, 6) is 1.03. The molecule has 1 aliphatic heterocycles. The zero-order chi connectivity index (χ0) is 15.1. The van der Waals surface area contributed by atoms with Crippen molar-refractivity contribution in [2.45, 2.75) is 25.7 Å². The fourth-order valence-corrected chi connectivity index (χ4v) is 2.39. The fraction of sp³-hybridized carbons (Fsp3) is 0.500. The van der Waals surface area contributed by atoms with Crippen LogP contribution in [0.1, 0.15) is 31.2 Å². The van der Waals surface area contributed by atoms with Crippen molar-refractivity contribution in [1.29, 1.82) is 5.26 Å². The Hall–Kier alpha value is -2.22. The van der Waals surface area contributed by atoms with Gasteiger partial charge in [0.15, 0.2) is 6.61 Å². The SMILES string of the molecule is COc1cc(C#N)cc(OCC(=O)N2CCCCCC2)c1. The van der Waals surface area contributed by atoms with Crippen LogP contribution in [0.4, 0.5) is 0 Å². The molecular formula is C16H20N2O3. The van der Waals surface area contributed by atoms with E-state index in [1.54, 1.807) is 18.2 Å². The predicted octanol–water partition coefficient (Wildman–Crippen LogP) is 2.35. The molecule has 112 valence electrons. The van der Waals surface area contributed by atoms with Gasteiger partial charge in [-0.2, -0.15) is 5.26 Å². The molecule has 0 unspecified atom stereocenters. The molecule has 1 fully saturated rings. The van der Waals surface area contributed by atoms with Crippen molar-refractivity contribution in [3.05, 3.63) is 23.8 Å². The van der Waals surface area contributed by atoms with Crippen LogP contribution in [-0.2, 0) is 4.79 Å². The molecule has 0 bridgehead atoms. The number of nitriles is 1. The second-order valence-corrected chi connectivity index (χ2v) is 5.09. The van der Waals surface area contributed by atoms with Gasteiger partial charge in [-0.05, 0) is 25.0 Å². The van der Waals surface area contributed by atoms with Gasteiger partial charge >= 0.3 is 0 Å². The van der Waals surface area contributed by atoms with E-state index in [0.29, 0.717) is 17.1 Å². The highest BCUT2D eigenvalue weighted by molar-refractivity contribution is 5.77. The van der Waals surface area contributed by atoms with E-state index in [1.807, 2.05) is 11.0 Å². The lowest BCUT2D eigenvalue weighted by molar-refractivity contribution is -0.133. The van der Waals surface area contributed by atoms with E-state index < -0.39 is 0 Å². The molecular weight excluding hydrogens is 268 g/mol. The number of hydrogen-bond acceptors (Lipinski definition) is 4. The summed E-state index contributed by atoms with van der Waals surface area (Å²) < 4.78 is 10.6. The molecule has 0 atom stereocenters. The number of carbonyl (C=O) groups excluding carboxylic acids is 1. The van der Waals surface area contributed by atoms with Crippen molar-refractivity contribution in [2.24, 2.45) is 0 Å². The van der Waals surface area contributed by atoms with Crippen LogP contribution in [0.15, 0.2) is 18.2 Å². The number of likely N-dealkylation sites (tertiary alicyclic amines) is 1. The lowest BCUT2D eigenvalue weighted by atomic mass is 10.2. The summed E-state index contributed by atoms with van der Waals surface area (Å²) in [4.78, 5) is 14.0. The molecule has 1 saturated heterocycles. The maximum Gasteiger partial charge on any atom is 0.260 e. The zero-order valence-corrected chi connectivity index (χ0v) is 12.3. The van der Waals surface area contributed by atoms with Gasteiger partial charge < -0.3 is 14.4 Å². The number of benzene rings is 1. The van der Waals surface area contributed by atoms with Gasteiger partial charge in [0.2, 0.25) is 0 Å². The van der Waals surface area contributed by atoms with Crippen LogP contribution in [0.25, 0.3) is 0 Å². The number of ether oxygens (including phenoxy) is 2. The van der Waals surface area contributed by atoms with E-state index in [-0.39, 0.29) is 12.5 Å². The molecule has 0 radical (unpaired) electrons. The molecule has 5 heteroatoms. The van der Waals surface area contributed by atoms with E-state index in [2.05, 4.69) is 0 Å². The molecule has 0 aromatic heterocycles. The third-order valence-corrected chi connectivity index (χ3v) is 3.57. The van der Waals surface area contributed by atoms with Crippen LogP contribution in [0.3, 0.4) is 0 Å². The first kappa shape index (κ1) is 15.2. The highest BCUT2D eigenvalue weighted by atomic mass is 16.5. The minimum absolute atomic E-state index is 0.00164. The van der Waals surface area contributed by atoms with Gasteiger partial charge in [0.25, 0.3) is 5.91 Å². The molecule has 1 aromatic carbocycles. The highest BCUT2D eigenvalue weighted by Crippen LogP contribution is 2.22. The van der Waals surface area contributed by atoms with E-state index in [4.69, 9.17) is 14.7 Å². The summed E-state index contributed by atoms with van der Waals surface area (Å²) >= 11 is 0. The van der Waals surface area contributed by atoms with Crippen molar-refractivity contribution in [2.75, 3.05) is 26.8 Å². The molecule has 2 rings (SSSR count). The van der Waals surface area contributed by atoms with Crippen LogP contribution in [0.5, 0.6) is 11.5 Å². The van der Waals surface area contributed by atoms with Crippen molar-refractivity contribution in [1.82, 2.24) is 4.90 Å². The Morgan fingerprint density at radius 2 is 1.86 bits per heavy atom. The summed E-state index contributed by atoms with van der Waals surface area (Å²) in [5, 5.41) is 8.96. The largest absolute Gasteiger partial charge is 0.497 e. The molecule has 0 saturated carbocycles. The first-order valence-electron chi connectivity index (χ1n) is 7.22. The summed E-state index contributed by atoms with van der Waals surface area (Å²) in [6.07, 6.45) is 4.49. The van der Waals surface area contributed by atoms with Gasteiger partial charge in [-0.1, -0.05) is 12.8 Å². The Morgan fingerprint density at radius 3 is 2.48 bits per heavy atom. The average molecular weight is 288 g/mol. The maximum absolute atomic E-state index is 12.1. The molecule has 1 aromatic rings. The third-order valence-electron chi connectivity index (χ3n) is 3.57. The van der Waals surface area contributed by atoms with E-state index >= 15 is 0 Å². The second-order valence-electron chi connectivity index (χ2n) is 5.09. The lowest BCUT2D eigenvalue weighted by Crippen LogP contribution is -2.35. The van der Waals surface area contributed by atoms with Crippen LogP contribution in [0, 0.1) is 11.3 Å². The minimum Gasteiger partial charge on any atom is -0.497 e. The molecule has 0 spiro atoms. The fourth-order valence-electron chi connectivity index (χ4n) is 2.39. The Kier molecular flexibility index (Phi) is 5.44. The first-order valence-corrected chi connectivity index (χ1v) is 7.22. The maximum atomic E-state index is 12.1. The highest BCUT2D eigenvalue weighted by Gasteiger charge is 2.16. The van der Waals surface area contributed by atoms with Crippen LogP contribution in [-0.4, -0.2) is 37.6 Å². The summed E-state index contributed by atoms with van der Waals surface area (Å²) in [6.45, 7) is 1.62. The molecule has 0 N–H and O–H groups in total. The summed E-state index contributed by atoms with van der Waals surface area (Å²) in [7, 11) is 1.53. The standard InChI is InChI=1S/C16H20N2O3/c1-20-14-8-13(11-17)9-15(10-14)21-12-16(19)18-6-4-2-3-5-7-18/h8-10H,2-7,12H2,1H3. The number of rotatable bonds is 4. The van der Waals surface area contributed by atoms with Gasteiger partial charge in [0.1, 0.15) is 11.5 Å². The van der Waals surface area contributed by atoms with Gasteiger partial charge in [-0.25, -0.2) is 0 Å². The predicted molar refractivity (Wildman–Crippen MR) is 78.3 cm³/mol. The van der Waals surface area contributed by atoms with Gasteiger partial charge in [-0.15, -0.1) is 0 Å². The third kappa shape index (κ3) is 4.38. The average Bonchev–Trinajstić information content (AvgIpc) is 2.81. The molecule has 0 aliphatic carbocycles. The Labute approximate surface area is 125 Å². The van der Waals surface area contributed by atoms with Gasteiger partial charge in [0.05, 0.1) is 18.7 Å². The zero-order valence-electron chi connectivity index (χ0n) is 12.3. The van der Waals surface area contributed by atoms with Crippen molar-refractivity contribution in [3.63, 3.8) is 0 Å². The molecule has 1 aliphatic rings. The van der Waals surface area contributed by atoms with Crippen LogP contribution < -0.4 is 9.47 Å². The van der Waals surface area contributed by atoms with Crippen LogP contribution >= 0.6 is 0 Å². The van der Waals surface area contributed by atoms with E-state index in [0.717, 1.165) is 25.9 Å². The molecule has 21 heavy (non-hydrogen) atoms. The van der Waals surface area contributed by atoms with Crippen molar-refractivity contribution >= 4 is 5.91 Å². The van der Waals surface area contributed by atoms with Gasteiger partial charge in [-0.3, -0.25) is 4.79 Å². The summed E-state index contributed by atoms with van der Waals surface area (Å²) in [6, 6.07) is 6.96. The molecule has 5 nitrogen and oxygen atoms in total. The number of amides is 1.